The van der Waals surface area contributed by atoms with Crippen LogP contribution in [0.4, 0.5) is 5.69 Å². The van der Waals surface area contributed by atoms with Crippen molar-refractivity contribution in [1.29, 1.82) is 0 Å². The van der Waals surface area contributed by atoms with Crippen LogP contribution in [0, 0.1) is 25.7 Å². The van der Waals surface area contributed by atoms with Crippen LogP contribution >= 0.6 is 0 Å². The molecule has 3 heterocycles. The number of carbonyl (C=O) groups excluding carboxylic acids is 3. The molecule has 0 saturated carbocycles. The van der Waals surface area contributed by atoms with Gasteiger partial charge < -0.3 is 25.4 Å². The van der Waals surface area contributed by atoms with E-state index in [0.29, 0.717) is 24.9 Å². The van der Waals surface area contributed by atoms with Crippen molar-refractivity contribution in [1.82, 2.24) is 10.2 Å². The number of benzene rings is 1. The number of nitrogens with one attached hydrogen (secondary N) is 2. The maximum atomic E-state index is 13.8. The Hall–Kier alpha value is -2.45. The highest BCUT2D eigenvalue weighted by Crippen LogP contribution is 2.63. The van der Waals surface area contributed by atoms with E-state index in [1.165, 1.54) is 4.90 Å². The Bertz CT molecular complexity index is 941. The van der Waals surface area contributed by atoms with Crippen molar-refractivity contribution in [3.8, 4) is 0 Å². The summed E-state index contributed by atoms with van der Waals surface area (Å²) in [6.45, 7) is 7.31. The minimum atomic E-state index is -1.09. The molecule has 3 N–H and O–H groups in total. The van der Waals surface area contributed by atoms with Gasteiger partial charge in [-0.2, -0.15) is 0 Å². The molecule has 8 heteroatoms. The zero-order chi connectivity index (χ0) is 23.4. The second-order valence-corrected chi connectivity index (χ2v) is 9.59. The molecule has 3 saturated heterocycles. The Balaban J connectivity index is 1.81. The van der Waals surface area contributed by atoms with Gasteiger partial charge in [0.1, 0.15) is 11.6 Å². The summed E-state index contributed by atoms with van der Waals surface area (Å²) in [5, 5.41) is 15.8. The van der Waals surface area contributed by atoms with Gasteiger partial charge in [0.25, 0.3) is 0 Å². The van der Waals surface area contributed by atoms with Gasteiger partial charge in [0.2, 0.25) is 17.7 Å². The first-order valence-corrected chi connectivity index (χ1v) is 11.4. The van der Waals surface area contributed by atoms with Gasteiger partial charge in [-0.15, -0.1) is 0 Å². The van der Waals surface area contributed by atoms with E-state index in [9.17, 15) is 19.5 Å². The van der Waals surface area contributed by atoms with Gasteiger partial charge in [-0.05, 0) is 51.2 Å². The van der Waals surface area contributed by atoms with Gasteiger partial charge in [-0.25, -0.2) is 0 Å². The number of hydrogen-bond acceptors (Lipinski definition) is 5. The SMILES string of the molecule is CC[C@@H](CO)N1C(=O)[C@@H]2[C@@H](C(=O)NC)[C@@]3(C)CCC2(O3)C1C(=O)Nc1c(C)cccc1C. The van der Waals surface area contributed by atoms with Crippen molar-refractivity contribution >= 4 is 23.4 Å². The number of nitrogens with zero attached hydrogens (tertiary/aromatic N) is 1. The molecule has 0 aromatic heterocycles. The van der Waals surface area contributed by atoms with Gasteiger partial charge in [-0.3, -0.25) is 14.4 Å². The number of aliphatic hydroxyl groups excluding tert-OH is 1. The molecule has 32 heavy (non-hydrogen) atoms. The van der Waals surface area contributed by atoms with Gasteiger partial charge in [0.15, 0.2) is 0 Å². The Kier molecular flexibility index (Phi) is 5.57. The van der Waals surface area contributed by atoms with E-state index >= 15 is 0 Å². The first kappa shape index (κ1) is 22.7. The molecule has 2 unspecified atom stereocenters. The summed E-state index contributed by atoms with van der Waals surface area (Å²) in [5.74, 6) is -2.31. The maximum Gasteiger partial charge on any atom is 0.250 e. The van der Waals surface area contributed by atoms with E-state index in [-0.39, 0.29) is 24.3 Å². The number of carbonyl (C=O) groups is 3. The number of likely N-dealkylation sites (tertiary alicyclic amines) is 1. The van der Waals surface area contributed by atoms with Crippen molar-refractivity contribution in [2.24, 2.45) is 11.8 Å². The Labute approximate surface area is 188 Å². The quantitative estimate of drug-likeness (QED) is 0.618. The lowest BCUT2D eigenvalue weighted by molar-refractivity contribution is -0.147. The van der Waals surface area contributed by atoms with Crippen LogP contribution in [0.25, 0.3) is 0 Å². The molecule has 1 spiro atoms. The summed E-state index contributed by atoms with van der Waals surface area (Å²) in [6, 6.07) is 4.31. The van der Waals surface area contributed by atoms with Crippen LogP contribution in [0.5, 0.6) is 0 Å². The van der Waals surface area contributed by atoms with E-state index in [1.807, 2.05) is 45.9 Å². The molecule has 3 aliphatic heterocycles. The number of ether oxygens (including phenoxy) is 1. The fourth-order valence-electron chi connectivity index (χ4n) is 6.23. The predicted octanol–water partition coefficient (Wildman–Crippen LogP) is 1.52. The lowest BCUT2D eigenvalue weighted by Crippen LogP contribution is -2.56. The van der Waals surface area contributed by atoms with Gasteiger partial charge in [-0.1, -0.05) is 25.1 Å². The van der Waals surface area contributed by atoms with Crippen LogP contribution in [-0.2, 0) is 19.1 Å². The molecule has 3 fully saturated rings. The normalized spacial score (nSPS) is 33.9. The molecule has 3 aliphatic rings. The number of anilines is 1. The van der Waals surface area contributed by atoms with Crippen molar-refractivity contribution < 1.29 is 24.2 Å². The molecule has 8 nitrogen and oxygen atoms in total. The van der Waals surface area contributed by atoms with E-state index in [4.69, 9.17) is 4.74 Å². The number of para-hydroxylation sites is 1. The summed E-state index contributed by atoms with van der Waals surface area (Å²) in [4.78, 5) is 41.9. The van der Waals surface area contributed by atoms with Gasteiger partial charge >= 0.3 is 0 Å². The number of amides is 3. The second kappa shape index (κ2) is 7.85. The highest BCUT2D eigenvalue weighted by Gasteiger charge is 2.78. The topological polar surface area (TPSA) is 108 Å². The highest BCUT2D eigenvalue weighted by atomic mass is 16.5. The Morgan fingerprint density at radius 1 is 1.25 bits per heavy atom. The maximum absolute atomic E-state index is 13.8. The van der Waals surface area contributed by atoms with Crippen molar-refractivity contribution in [2.45, 2.75) is 70.2 Å². The first-order chi connectivity index (χ1) is 15.1. The number of rotatable bonds is 6. The van der Waals surface area contributed by atoms with Crippen molar-refractivity contribution in [3.05, 3.63) is 29.3 Å². The van der Waals surface area contributed by atoms with Gasteiger partial charge in [0, 0.05) is 12.7 Å². The molecule has 6 atom stereocenters. The van der Waals surface area contributed by atoms with Crippen LogP contribution in [0.2, 0.25) is 0 Å². The van der Waals surface area contributed by atoms with E-state index in [0.717, 1.165) is 11.1 Å². The number of hydrogen-bond donors (Lipinski definition) is 3. The Morgan fingerprint density at radius 2 is 1.91 bits per heavy atom. The summed E-state index contributed by atoms with van der Waals surface area (Å²) in [5.41, 5.74) is 0.661. The molecule has 1 aromatic rings. The van der Waals surface area contributed by atoms with Crippen LogP contribution in [-0.4, -0.2) is 64.7 Å². The zero-order valence-corrected chi connectivity index (χ0v) is 19.4. The number of aliphatic hydroxyl groups is 1. The summed E-state index contributed by atoms with van der Waals surface area (Å²) in [6.07, 6.45) is 1.59. The molecule has 4 rings (SSSR count). The standard InChI is InChI=1S/C24H33N3O5/c1-6-15(12-28)27-19(21(30)26-18-13(2)8-7-9-14(18)3)24-11-10-23(4,32-24)16(20(29)25-5)17(24)22(27)31/h7-9,15-17,19,28H,6,10-12H2,1-5H3,(H,25,29)(H,26,30)/t15-,16-,17-,19?,23+,24?/m0/s1. The molecular weight excluding hydrogens is 410 g/mol. The number of aryl methyl sites for hydroxylation is 2. The van der Waals surface area contributed by atoms with E-state index < -0.39 is 35.1 Å². The van der Waals surface area contributed by atoms with Crippen molar-refractivity contribution in [3.63, 3.8) is 0 Å². The van der Waals surface area contributed by atoms with Crippen LogP contribution in [0.3, 0.4) is 0 Å². The lowest BCUT2D eigenvalue weighted by atomic mass is 9.66. The largest absolute Gasteiger partial charge is 0.394 e. The number of fused-ring (bicyclic) bond motifs is 1. The molecule has 3 amide bonds. The monoisotopic (exact) mass is 443 g/mol. The molecule has 2 bridgehead atoms. The highest BCUT2D eigenvalue weighted by molar-refractivity contribution is 6.04. The summed E-state index contributed by atoms with van der Waals surface area (Å²) >= 11 is 0. The molecule has 0 radical (unpaired) electrons. The summed E-state index contributed by atoms with van der Waals surface area (Å²) < 4.78 is 6.51. The minimum Gasteiger partial charge on any atom is -0.394 e. The van der Waals surface area contributed by atoms with Crippen molar-refractivity contribution in [2.75, 3.05) is 19.0 Å². The average Bonchev–Trinajstić information content (AvgIpc) is 3.32. The molecule has 1 aromatic carbocycles. The summed E-state index contributed by atoms with van der Waals surface area (Å²) in [7, 11) is 1.55. The predicted molar refractivity (Wildman–Crippen MR) is 119 cm³/mol. The lowest BCUT2D eigenvalue weighted by Gasteiger charge is -2.36. The molecular formula is C24H33N3O5. The minimum absolute atomic E-state index is 0.250. The third-order valence-corrected chi connectivity index (χ3v) is 7.80. The van der Waals surface area contributed by atoms with Crippen LogP contribution in [0.15, 0.2) is 18.2 Å². The fourth-order valence-corrected chi connectivity index (χ4v) is 6.23. The first-order valence-electron chi connectivity index (χ1n) is 11.4. The van der Waals surface area contributed by atoms with E-state index in [2.05, 4.69) is 10.6 Å². The average molecular weight is 444 g/mol. The smallest absolute Gasteiger partial charge is 0.250 e. The van der Waals surface area contributed by atoms with Gasteiger partial charge in [0.05, 0.1) is 30.1 Å². The fraction of sp³-hybridized carbons (Fsp3) is 0.625. The third-order valence-electron chi connectivity index (χ3n) is 7.80. The van der Waals surface area contributed by atoms with Crippen LogP contribution in [0.1, 0.15) is 44.2 Å². The van der Waals surface area contributed by atoms with E-state index in [1.54, 1.807) is 7.05 Å². The molecule has 0 aliphatic carbocycles. The second-order valence-electron chi connectivity index (χ2n) is 9.59. The third kappa shape index (κ3) is 2.99. The van der Waals surface area contributed by atoms with Crippen LogP contribution < -0.4 is 10.6 Å². The zero-order valence-electron chi connectivity index (χ0n) is 19.4. The Morgan fingerprint density at radius 3 is 2.47 bits per heavy atom. The molecule has 174 valence electrons.